The Morgan fingerprint density at radius 1 is 1.11 bits per heavy atom. The fraction of sp³-hybridized carbons (Fsp3) is 0.379. The zero-order valence-electron chi connectivity index (χ0n) is 20.6. The molecule has 2 aliphatic heterocycles. The highest BCUT2D eigenvalue weighted by Gasteiger charge is 2.34. The lowest BCUT2D eigenvalue weighted by molar-refractivity contribution is -0.135. The van der Waals surface area contributed by atoms with Gasteiger partial charge in [-0.2, -0.15) is 0 Å². The molecule has 1 saturated heterocycles. The van der Waals surface area contributed by atoms with Crippen LogP contribution in [-0.4, -0.2) is 60.6 Å². The van der Waals surface area contributed by atoms with Crippen LogP contribution < -0.4 is 4.74 Å². The number of amides is 2. The molecule has 0 N–H and O–H groups in total. The Labute approximate surface area is 216 Å². The van der Waals surface area contributed by atoms with Crippen LogP contribution in [0.3, 0.4) is 0 Å². The molecule has 1 fully saturated rings. The SMILES string of the molecule is Cc1ccccc1C(=O)N(CC(=O)N1CCc2sccc2[C@@H]1COc1ccccc1)C[C@H]1CCCO1. The van der Waals surface area contributed by atoms with E-state index in [1.807, 2.05) is 66.4 Å². The van der Waals surface area contributed by atoms with Gasteiger partial charge in [0.15, 0.2) is 0 Å². The van der Waals surface area contributed by atoms with Gasteiger partial charge in [0, 0.05) is 30.1 Å². The van der Waals surface area contributed by atoms with Crippen LogP contribution in [0.15, 0.2) is 66.0 Å². The maximum atomic E-state index is 13.8. The number of para-hydroxylation sites is 1. The van der Waals surface area contributed by atoms with Crippen molar-refractivity contribution in [2.45, 2.75) is 38.3 Å². The molecule has 188 valence electrons. The lowest BCUT2D eigenvalue weighted by atomic mass is 10.00. The molecule has 2 aliphatic rings. The number of benzene rings is 2. The number of carbonyl (C=O) groups excluding carboxylic acids is 2. The Balaban J connectivity index is 1.36. The average Bonchev–Trinajstić information content (AvgIpc) is 3.59. The van der Waals surface area contributed by atoms with Gasteiger partial charge in [-0.25, -0.2) is 0 Å². The summed E-state index contributed by atoms with van der Waals surface area (Å²) < 4.78 is 11.9. The van der Waals surface area contributed by atoms with Gasteiger partial charge in [-0.15, -0.1) is 11.3 Å². The van der Waals surface area contributed by atoms with Crippen molar-refractivity contribution >= 4 is 23.2 Å². The summed E-state index contributed by atoms with van der Waals surface area (Å²) in [4.78, 5) is 32.3. The molecule has 2 amide bonds. The molecule has 6 nitrogen and oxygen atoms in total. The first-order valence-corrected chi connectivity index (χ1v) is 13.5. The van der Waals surface area contributed by atoms with Crippen LogP contribution in [0.4, 0.5) is 0 Å². The van der Waals surface area contributed by atoms with Gasteiger partial charge in [0.2, 0.25) is 5.91 Å². The summed E-state index contributed by atoms with van der Waals surface area (Å²) in [7, 11) is 0. The van der Waals surface area contributed by atoms with Crippen LogP contribution in [0.2, 0.25) is 0 Å². The predicted molar refractivity (Wildman–Crippen MR) is 140 cm³/mol. The number of rotatable bonds is 8. The topological polar surface area (TPSA) is 59.1 Å². The van der Waals surface area contributed by atoms with Gasteiger partial charge in [-0.3, -0.25) is 9.59 Å². The minimum absolute atomic E-state index is 0.0222. The van der Waals surface area contributed by atoms with Crippen molar-refractivity contribution < 1.29 is 19.1 Å². The van der Waals surface area contributed by atoms with E-state index in [9.17, 15) is 9.59 Å². The molecule has 1 aromatic heterocycles. The van der Waals surface area contributed by atoms with Crippen LogP contribution in [0.1, 0.15) is 45.2 Å². The number of hydrogen-bond donors (Lipinski definition) is 0. The molecule has 0 bridgehead atoms. The maximum Gasteiger partial charge on any atom is 0.254 e. The molecule has 36 heavy (non-hydrogen) atoms. The summed E-state index contributed by atoms with van der Waals surface area (Å²) in [6.07, 6.45) is 2.67. The summed E-state index contributed by atoms with van der Waals surface area (Å²) in [6, 6.07) is 19.1. The quantitative estimate of drug-likeness (QED) is 0.439. The zero-order valence-corrected chi connectivity index (χ0v) is 21.4. The van der Waals surface area contributed by atoms with Crippen molar-refractivity contribution in [1.82, 2.24) is 9.80 Å². The van der Waals surface area contributed by atoms with Crippen molar-refractivity contribution in [1.29, 1.82) is 0 Å². The zero-order chi connectivity index (χ0) is 24.9. The van der Waals surface area contributed by atoms with E-state index in [-0.39, 0.29) is 30.5 Å². The molecule has 7 heteroatoms. The van der Waals surface area contributed by atoms with Crippen LogP contribution >= 0.6 is 11.3 Å². The molecule has 0 spiro atoms. The van der Waals surface area contributed by atoms with Gasteiger partial charge in [0.05, 0.1) is 12.1 Å². The minimum Gasteiger partial charge on any atom is -0.491 e. The molecule has 2 atom stereocenters. The Morgan fingerprint density at radius 3 is 2.69 bits per heavy atom. The van der Waals surface area contributed by atoms with Gasteiger partial charge in [-0.05, 0) is 67.0 Å². The molecule has 3 heterocycles. The van der Waals surface area contributed by atoms with Crippen molar-refractivity contribution in [3.05, 3.63) is 87.6 Å². The summed E-state index contributed by atoms with van der Waals surface area (Å²) in [5.74, 6) is 0.595. The minimum atomic E-state index is -0.189. The van der Waals surface area contributed by atoms with E-state index in [1.165, 1.54) is 4.88 Å². The monoisotopic (exact) mass is 504 g/mol. The normalized spacial score (nSPS) is 19.1. The summed E-state index contributed by atoms with van der Waals surface area (Å²) >= 11 is 1.73. The smallest absolute Gasteiger partial charge is 0.254 e. The van der Waals surface area contributed by atoms with E-state index in [1.54, 1.807) is 16.2 Å². The summed E-state index contributed by atoms with van der Waals surface area (Å²) in [5.41, 5.74) is 2.68. The van der Waals surface area contributed by atoms with Crippen molar-refractivity contribution in [2.75, 3.05) is 32.8 Å². The first kappa shape index (κ1) is 24.5. The molecule has 0 saturated carbocycles. The van der Waals surface area contributed by atoms with Gasteiger partial charge >= 0.3 is 0 Å². The number of thiophene rings is 1. The van der Waals surface area contributed by atoms with E-state index >= 15 is 0 Å². The van der Waals surface area contributed by atoms with Crippen LogP contribution in [0.5, 0.6) is 5.75 Å². The lowest BCUT2D eigenvalue weighted by Crippen LogP contribution is -2.49. The Hall–Kier alpha value is -3.16. The number of aryl methyl sites for hydroxylation is 1. The van der Waals surface area contributed by atoms with Crippen molar-refractivity contribution in [3.63, 3.8) is 0 Å². The molecular formula is C29H32N2O4S. The highest BCUT2D eigenvalue weighted by Crippen LogP contribution is 2.34. The second kappa shape index (κ2) is 11.3. The number of carbonyl (C=O) groups is 2. The Morgan fingerprint density at radius 2 is 1.92 bits per heavy atom. The largest absolute Gasteiger partial charge is 0.491 e. The lowest BCUT2D eigenvalue weighted by Gasteiger charge is -2.37. The van der Waals surface area contributed by atoms with Gasteiger partial charge < -0.3 is 19.3 Å². The van der Waals surface area contributed by atoms with E-state index < -0.39 is 0 Å². The van der Waals surface area contributed by atoms with Crippen molar-refractivity contribution in [3.8, 4) is 5.75 Å². The van der Waals surface area contributed by atoms with Crippen LogP contribution in [0, 0.1) is 6.92 Å². The second-order valence-corrected chi connectivity index (χ2v) is 10.4. The standard InChI is InChI=1S/C29H32N2O4S/c1-21-8-5-6-12-24(21)29(33)30(18-23-11-7-16-34-23)19-28(32)31-15-13-27-25(14-17-36-27)26(31)20-35-22-9-3-2-4-10-22/h2-6,8-10,12,14,17,23,26H,7,11,13,15-16,18-20H2,1H3/t23-,26+/m1/s1. The van der Waals surface area contributed by atoms with Gasteiger partial charge in [0.25, 0.3) is 5.91 Å². The highest BCUT2D eigenvalue weighted by molar-refractivity contribution is 7.10. The van der Waals surface area contributed by atoms with Crippen LogP contribution in [0.25, 0.3) is 0 Å². The molecule has 0 radical (unpaired) electrons. The van der Waals surface area contributed by atoms with Gasteiger partial charge in [-0.1, -0.05) is 36.4 Å². The van der Waals surface area contributed by atoms with E-state index in [0.29, 0.717) is 31.9 Å². The van der Waals surface area contributed by atoms with E-state index in [4.69, 9.17) is 9.47 Å². The van der Waals surface area contributed by atoms with E-state index in [0.717, 1.165) is 36.1 Å². The number of fused-ring (bicyclic) bond motifs is 1. The van der Waals surface area contributed by atoms with E-state index in [2.05, 4.69) is 11.4 Å². The summed E-state index contributed by atoms with van der Waals surface area (Å²) in [6.45, 7) is 4.06. The molecular weight excluding hydrogens is 472 g/mol. The molecule has 0 aliphatic carbocycles. The average molecular weight is 505 g/mol. The molecule has 5 rings (SSSR count). The molecule has 3 aromatic rings. The fourth-order valence-corrected chi connectivity index (χ4v) is 5.99. The Bertz CT molecular complexity index is 1190. The van der Waals surface area contributed by atoms with Crippen LogP contribution in [-0.2, 0) is 16.0 Å². The van der Waals surface area contributed by atoms with Gasteiger partial charge in [0.1, 0.15) is 18.9 Å². The third-order valence-electron chi connectivity index (χ3n) is 7.00. The molecule has 0 unspecified atom stereocenters. The number of hydrogen-bond acceptors (Lipinski definition) is 5. The molecule has 2 aromatic carbocycles. The highest BCUT2D eigenvalue weighted by atomic mass is 32.1. The third kappa shape index (κ3) is 5.47. The maximum absolute atomic E-state index is 13.8. The third-order valence-corrected chi connectivity index (χ3v) is 8.00. The summed E-state index contributed by atoms with van der Waals surface area (Å²) in [5, 5.41) is 2.08. The number of ether oxygens (including phenoxy) is 2. The number of nitrogens with zero attached hydrogens (tertiary/aromatic N) is 2. The predicted octanol–water partition coefficient (Wildman–Crippen LogP) is 4.88. The Kier molecular flexibility index (Phi) is 7.68. The van der Waals surface area contributed by atoms with Crippen molar-refractivity contribution in [2.24, 2.45) is 0 Å². The first-order valence-electron chi connectivity index (χ1n) is 12.6. The second-order valence-electron chi connectivity index (χ2n) is 9.41. The fourth-order valence-electron chi connectivity index (χ4n) is 5.06. The first-order chi connectivity index (χ1) is 17.6.